The fraction of sp³-hybridized carbons (Fsp3) is 0.667. The van der Waals surface area contributed by atoms with E-state index in [0.717, 1.165) is 31.7 Å². The fourth-order valence-corrected chi connectivity index (χ4v) is 3.65. The van der Waals surface area contributed by atoms with Crippen LogP contribution in [0, 0.1) is 0 Å². The normalized spacial score (nSPS) is 19.6. The van der Waals surface area contributed by atoms with Crippen LogP contribution in [-0.4, -0.2) is 66.3 Å². The van der Waals surface area contributed by atoms with Crippen molar-refractivity contribution in [2.45, 2.75) is 25.4 Å². The van der Waals surface area contributed by atoms with Crippen LogP contribution in [0.15, 0.2) is 16.8 Å². The van der Waals surface area contributed by atoms with Gasteiger partial charge >= 0.3 is 5.97 Å². The van der Waals surface area contributed by atoms with Gasteiger partial charge in [0, 0.05) is 38.8 Å². The Bertz CT molecular complexity index is 453. The van der Waals surface area contributed by atoms with Gasteiger partial charge in [-0.25, -0.2) is 0 Å². The number of carboxylic acids is 1. The monoisotopic (exact) mass is 312 g/mol. The molecule has 1 fully saturated rings. The Morgan fingerprint density at radius 2 is 2.10 bits per heavy atom. The largest absolute Gasteiger partial charge is 0.480 e. The van der Waals surface area contributed by atoms with Gasteiger partial charge in [-0.3, -0.25) is 14.6 Å². The average molecular weight is 312 g/mol. The maximum absolute atomic E-state index is 11.6. The number of ether oxygens (including phenoxy) is 1. The predicted molar refractivity (Wildman–Crippen MR) is 83.8 cm³/mol. The van der Waals surface area contributed by atoms with Crippen molar-refractivity contribution in [1.29, 1.82) is 0 Å². The SMILES string of the molecule is COCC(C)(C)N1CCN(C(C(=O)O)c2ccsc2)CC1. The number of hydrogen-bond acceptors (Lipinski definition) is 5. The zero-order valence-corrected chi connectivity index (χ0v) is 13.7. The number of piperazine rings is 1. The number of aliphatic carboxylic acids is 1. The number of carboxylic acid groups (broad SMARTS) is 1. The standard InChI is InChI=1S/C15H24N2O3S/c1-15(2,11-20-3)17-7-5-16(6-8-17)13(14(18)19)12-4-9-21-10-12/h4,9-10,13H,5-8,11H2,1-3H3,(H,18,19). The summed E-state index contributed by atoms with van der Waals surface area (Å²) in [7, 11) is 1.72. The lowest BCUT2D eigenvalue weighted by Crippen LogP contribution is -2.57. The summed E-state index contributed by atoms with van der Waals surface area (Å²) in [5.41, 5.74) is 0.874. The van der Waals surface area contributed by atoms with Crippen molar-refractivity contribution in [3.63, 3.8) is 0 Å². The molecule has 21 heavy (non-hydrogen) atoms. The molecule has 0 amide bonds. The molecule has 6 heteroatoms. The van der Waals surface area contributed by atoms with Crippen molar-refractivity contribution < 1.29 is 14.6 Å². The molecule has 1 N–H and O–H groups in total. The first-order valence-corrected chi connectivity index (χ1v) is 8.13. The molecule has 1 aliphatic rings. The maximum Gasteiger partial charge on any atom is 0.325 e. The van der Waals surface area contributed by atoms with E-state index in [1.54, 1.807) is 18.4 Å². The summed E-state index contributed by atoms with van der Waals surface area (Å²) < 4.78 is 5.28. The summed E-state index contributed by atoms with van der Waals surface area (Å²) in [5.74, 6) is -0.766. The van der Waals surface area contributed by atoms with Crippen molar-refractivity contribution in [3.8, 4) is 0 Å². The summed E-state index contributed by atoms with van der Waals surface area (Å²) in [6.07, 6.45) is 0. The van der Waals surface area contributed by atoms with Gasteiger partial charge in [0.05, 0.1) is 6.61 Å². The van der Waals surface area contributed by atoms with E-state index in [1.807, 2.05) is 16.8 Å². The Morgan fingerprint density at radius 3 is 2.57 bits per heavy atom. The van der Waals surface area contributed by atoms with Gasteiger partial charge in [0.1, 0.15) is 6.04 Å². The van der Waals surface area contributed by atoms with Gasteiger partial charge < -0.3 is 9.84 Å². The molecule has 2 rings (SSSR count). The van der Waals surface area contributed by atoms with E-state index in [-0.39, 0.29) is 5.54 Å². The highest BCUT2D eigenvalue weighted by Crippen LogP contribution is 2.26. The molecular formula is C15H24N2O3S. The second kappa shape index (κ2) is 6.87. The first kappa shape index (κ1) is 16.4. The molecule has 2 heterocycles. The highest BCUT2D eigenvalue weighted by Gasteiger charge is 2.34. The minimum atomic E-state index is -0.766. The molecule has 5 nitrogen and oxygen atoms in total. The van der Waals surface area contributed by atoms with Crippen molar-refractivity contribution in [3.05, 3.63) is 22.4 Å². The second-order valence-electron chi connectivity index (χ2n) is 6.07. The Morgan fingerprint density at radius 1 is 1.43 bits per heavy atom. The van der Waals surface area contributed by atoms with Gasteiger partial charge in [-0.15, -0.1) is 0 Å². The predicted octanol–water partition coefficient (Wildman–Crippen LogP) is 1.92. The molecule has 1 atom stereocenters. The van der Waals surface area contributed by atoms with Gasteiger partial charge in [0.15, 0.2) is 0 Å². The third-order valence-corrected chi connectivity index (χ3v) is 4.83. The molecule has 118 valence electrons. The summed E-state index contributed by atoms with van der Waals surface area (Å²) in [4.78, 5) is 16.0. The van der Waals surface area contributed by atoms with Crippen molar-refractivity contribution in [2.75, 3.05) is 39.9 Å². The molecule has 1 unspecified atom stereocenters. The van der Waals surface area contributed by atoms with Gasteiger partial charge in [-0.05, 0) is 36.2 Å². The van der Waals surface area contributed by atoms with Crippen LogP contribution in [0.5, 0.6) is 0 Å². The molecule has 0 bridgehead atoms. The van der Waals surface area contributed by atoms with Gasteiger partial charge in [-0.2, -0.15) is 11.3 Å². The van der Waals surface area contributed by atoms with Gasteiger partial charge in [0.25, 0.3) is 0 Å². The summed E-state index contributed by atoms with van der Waals surface area (Å²) in [5, 5.41) is 13.4. The fourth-order valence-electron chi connectivity index (χ4n) is 2.97. The molecule has 1 aliphatic heterocycles. The minimum Gasteiger partial charge on any atom is -0.480 e. The Labute approximate surface area is 130 Å². The topological polar surface area (TPSA) is 53.0 Å². The van der Waals surface area contributed by atoms with Crippen LogP contribution < -0.4 is 0 Å². The third kappa shape index (κ3) is 3.83. The highest BCUT2D eigenvalue weighted by molar-refractivity contribution is 7.08. The molecule has 1 aromatic rings. The zero-order valence-electron chi connectivity index (χ0n) is 12.9. The highest BCUT2D eigenvalue weighted by atomic mass is 32.1. The van der Waals surface area contributed by atoms with Crippen LogP contribution in [0.3, 0.4) is 0 Å². The average Bonchev–Trinajstić information content (AvgIpc) is 2.93. The molecule has 0 radical (unpaired) electrons. The second-order valence-corrected chi connectivity index (χ2v) is 6.85. The van der Waals surface area contributed by atoms with Crippen LogP contribution in [0.25, 0.3) is 0 Å². The number of hydrogen-bond donors (Lipinski definition) is 1. The van der Waals surface area contributed by atoms with E-state index in [0.29, 0.717) is 6.61 Å². The number of nitrogens with zero attached hydrogens (tertiary/aromatic N) is 2. The quantitative estimate of drug-likeness (QED) is 0.870. The number of thiophene rings is 1. The van der Waals surface area contributed by atoms with Crippen molar-refractivity contribution >= 4 is 17.3 Å². The van der Waals surface area contributed by atoms with E-state index in [9.17, 15) is 9.90 Å². The lowest BCUT2D eigenvalue weighted by atomic mass is 10.0. The van der Waals surface area contributed by atoms with Crippen molar-refractivity contribution in [1.82, 2.24) is 9.80 Å². The molecule has 0 aliphatic carbocycles. The van der Waals surface area contributed by atoms with Crippen LogP contribution in [0.1, 0.15) is 25.5 Å². The molecule has 1 saturated heterocycles. The van der Waals surface area contributed by atoms with E-state index in [1.165, 1.54) is 0 Å². The van der Waals surface area contributed by atoms with E-state index in [4.69, 9.17) is 4.74 Å². The smallest absolute Gasteiger partial charge is 0.325 e. The molecule has 0 aromatic carbocycles. The van der Waals surface area contributed by atoms with Crippen LogP contribution in [-0.2, 0) is 9.53 Å². The minimum absolute atomic E-state index is 0.0120. The van der Waals surface area contributed by atoms with Crippen LogP contribution in [0.4, 0.5) is 0 Å². The maximum atomic E-state index is 11.6. The molecule has 0 spiro atoms. The Hall–Kier alpha value is -0.950. The van der Waals surface area contributed by atoms with Crippen molar-refractivity contribution in [2.24, 2.45) is 0 Å². The van der Waals surface area contributed by atoms with Gasteiger partial charge in [0.2, 0.25) is 0 Å². The third-order valence-electron chi connectivity index (χ3n) is 4.13. The summed E-state index contributed by atoms with van der Waals surface area (Å²) in [6.45, 7) is 8.27. The Balaban J connectivity index is 2.01. The van der Waals surface area contributed by atoms with Gasteiger partial charge in [-0.1, -0.05) is 0 Å². The number of carbonyl (C=O) groups is 1. The first-order chi connectivity index (χ1) is 9.95. The molecule has 0 saturated carbocycles. The van der Waals surface area contributed by atoms with E-state index < -0.39 is 12.0 Å². The summed E-state index contributed by atoms with van der Waals surface area (Å²) in [6, 6.07) is 1.38. The lowest BCUT2D eigenvalue weighted by Gasteiger charge is -2.44. The molecular weight excluding hydrogens is 288 g/mol. The first-order valence-electron chi connectivity index (χ1n) is 7.18. The molecule has 1 aromatic heterocycles. The Kier molecular flexibility index (Phi) is 5.37. The van der Waals surface area contributed by atoms with E-state index in [2.05, 4.69) is 23.6 Å². The number of rotatable bonds is 6. The lowest BCUT2D eigenvalue weighted by molar-refractivity contribution is -0.144. The van der Waals surface area contributed by atoms with Crippen LogP contribution >= 0.6 is 11.3 Å². The van der Waals surface area contributed by atoms with Crippen LogP contribution in [0.2, 0.25) is 0 Å². The zero-order chi connectivity index (χ0) is 15.5. The van der Waals surface area contributed by atoms with E-state index >= 15 is 0 Å². The summed E-state index contributed by atoms with van der Waals surface area (Å²) >= 11 is 1.54. The number of methoxy groups -OCH3 is 1.